The molecule has 4 rings (SSSR count). The van der Waals surface area contributed by atoms with Crippen LogP contribution in [0.2, 0.25) is 0 Å². The van der Waals surface area contributed by atoms with Crippen molar-refractivity contribution in [2.45, 2.75) is 0 Å². The number of thioether (sulfide) groups is 1. The van der Waals surface area contributed by atoms with Gasteiger partial charge in [-0.3, -0.25) is 29.4 Å². The summed E-state index contributed by atoms with van der Waals surface area (Å²) in [5, 5.41) is 13.5. The number of nitrogens with one attached hydrogen (secondary N) is 1. The molecule has 10 nitrogen and oxygen atoms in total. The van der Waals surface area contributed by atoms with Gasteiger partial charge >= 0.3 is 0 Å². The smallest absolute Gasteiger partial charge is 0.293 e. The predicted octanol–water partition coefficient (Wildman–Crippen LogP) is 2.90. The average molecular weight is 483 g/mol. The number of benzene rings is 2. The molecule has 0 spiro atoms. The van der Waals surface area contributed by atoms with Gasteiger partial charge in [-0.1, -0.05) is 30.3 Å². The highest BCUT2D eigenvalue weighted by Gasteiger charge is 2.34. The van der Waals surface area contributed by atoms with Gasteiger partial charge in [0, 0.05) is 38.3 Å². The minimum atomic E-state index is -0.556. The number of carbonyl (C=O) groups is 3. The summed E-state index contributed by atoms with van der Waals surface area (Å²) >= 11 is 0.851. The van der Waals surface area contributed by atoms with Crippen LogP contribution in [0.25, 0.3) is 6.08 Å². The number of hydrogen-bond acceptors (Lipinski definition) is 8. The molecule has 0 aliphatic carbocycles. The lowest BCUT2D eigenvalue weighted by molar-refractivity contribution is -0.384. The van der Waals surface area contributed by atoms with Crippen molar-refractivity contribution in [2.75, 3.05) is 44.3 Å². The van der Waals surface area contributed by atoms with Gasteiger partial charge in [0.05, 0.1) is 34.3 Å². The third kappa shape index (κ3) is 5.26. The van der Waals surface area contributed by atoms with E-state index in [9.17, 15) is 24.5 Å². The number of morpholine rings is 1. The van der Waals surface area contributed by atoms with Crippen molar-refractivity contribution >= 4 is 46.3 Å². The molecule has 0 unspecified atom stereocenters. The van der Waals surface area contributed by atoms with Gasteiger partial charge in [0.25, 0.3) is 22.7 Å². The van der Waals surface area contributed by atoms with E-state index in [1.54, 1.807) is 12.1 Å². The first kappa shape index (κ1) is 23.5. The van der Waals surface area contributed by atoms with Crippen LogP contribution in [-0.4, -0.2) is 66.3 Å². The van der Waals surface area contributed by atoms with E-state index in [4.69, 9.17) is 4.74 Å². The Morgan fingerprint density at radius 2 is 1.88 bits per heavy atom. The van der Waals surface area contributed by atoms with E-state index in [1.165, 1.54) is 12.1 Å². The molecule has 2 aliphatic rings. The maximum atomic E-state index is 12.9. The molecular formula is C23H22N4O6S. The largest absolute Gasteiger partial charge is 0.378 e. The number of nitrogens with zero attached hydrogens (tertiary/aromatic N) is 3. The van der Waals surface area contributed by atoms with E-state index in [2.05, 4.69) is 5.32 Å². The molecule has 3 amide bonds. The molecule has 2 heterocycles. The van der Waals surface area contributed by atoms with Crippen molar-refractivity contribution in [3.8, 4) is 0 Å². The van der Waals surface area contributed by atoms with Gasteiger partial charge in [0.15, 0.2) is 0 Å². The summed E-state index contributed by atoms with van der Waals surface area (Å²) in [6.07, 6.45) is 1.65. The first-order chi connectivity index (χ1) is 16.4. The Bertz CT molecular complexity index is 1150. The molecule has 0 atom stereocenters. The maximum absolute atomic E-state index is 12.9. The molecule has 0 aromatic heterocycles. The number of ether oxygens (including phenoxy) is 1. The molecule has 0 radical (unpaired) electrons. The van der Waals surface area contributed by atoms with Crippen molar-refractivity contribution in [3.05, 3.63) is 74.7 Å². The van der Waals surface area contributed by atoms with Gasteiger partial charge in [-0.2, -0.15) is 0 Å². The van der Waals surface area contributed by atoms with E-state index in [0.717, 1.165) is 22.2 Å². The Hall–Kier alpha value is -3.70. The molecule has 2 aromatic rings. The summed E-state index contributed by atoms with van der Waals surface area (Å²) in [7, 11) is 0. The quantitative estimate of drug-likeness (QED) is 0.363. The van der Waals surface area contributed by atoms with Gasteiger partial charge in [0.1, 0.15) is 0 Å². The molecule has 1 N–H and O–H groups in total. The molecule has 2 saturated heterocycles. The second kappa shape index (κ2) is 10.5. The summed E-state index contributed by atoms with van der Waals surface area (Å²) in [5.74, 6) is -0.936. The van der Waals surface area contributed by atoms with Crippen LogP contribution in [0.3, 0.4) is 0 Å². The highest BCUT2D eigenvalue weighted by Crippen LogP contribution is 2.32. The van der Waals surface area contributed by atoms with E-state index in [0.29, 0.717) is 36.9 Å². The van der Waals surface area contributed by atoms with Crippen molar-refractivity contribution in [3.63, 3.8) is 0 Å². The topological polar surface area (TPSA) is 122 Å². The molecule has 2 fully saturated rings. The average Bonchev–Trinajstić information content (AvgIpc) is 3.12. The van der Waals surface area contributed by atoms with Crippen molar-refractivity contribution in [1.29, 1.82) is 0 Å². The Balaban J connectivity index is 1.43. The Morgan fingerprint density at radius 3 is 2.59 bits per heavy atom. The second-order valence-electron chi connectivity index (χ2n) is 7.56. The number of carbonyl (C=O) groups excluding carboxylic acids is 3. The zero-order valence-electron chi connectivity index (χ0n) is 18.1. The zero-order valence-corrected chi connectivity index (χ0v) is 19.0. The highest BCUT2D eigenvalue weighted by atomic mass is 32.2. The van der Waals surface area contributed by atoms with Crippen LogP contribution in [0, 0.1) is 10.1 Å². The number of nitro benzene ring substituents is 1. The fourth-order valence-corrected chi connectivity index (χ4v) is 4.53. The minimum Gasteiger partial charge on any atom is -0.378 e. The lowest BCUT2D eigenvalue weighted by atomic mass is 10.1. The number of amides is 3. The second-order valence-corrected chi connectivity index (χ2v) is 8.55. The van der Waals surface area contributed by atoms with E-state index in [1.807, 2.05) is 35.2 Å². The maximum Gasteiger partial charge on any atom is 0.293 e. The number of non-ortho nitro benzene ring substituents is 1. The van der Waals surface area contributed by atoms with Crippen molar-refractivity contribution < 1.29 is 24.0 Å². The molecule has 2 aliphatic heterocycles. The SMILES string of the molecule is O=C(NCCN1C(=O)SC(=Cc2ccccc2)C1=O)c1cc([N+](=O)[O-])ccc1N1CCOCC1. The summed E-state index contributed by atoms with van der Waals surface area (Å²) in [6.45, 7) is 2.11. The summed E-state index contributed by atoms with van der Waals surface area (Å²) in [5.41, 5.74) is 1.35. The van der Waals surface area contributed by atoms with Crippen LogP contribution in [0.5, 0.6) is 0 Å². The van der Waals surface area contributed by atoms with Gasteiger partial charge in [-0.05, 0) is 29.5 Å². The Kier molecular flexibility index (Phi) is 7.24. The van der Waals surface area contributed by atoms with Gasteiger partial charge < -0.3 is 15.0 Å². The van der Waals surface area contributed by atoms with Crippen molar-refractivity contribution in [1.82, 2.24) is 10.2 Å². The van der Waals surface area contributed by atoms with Crippen molar-refractivity contribution in [2.24, 2.45) is 0 Å². The Labute approximate surface area is 199 Å². The van der Waals surface area contributed by atoms with Gasteiger partial charge in [0.2, 0.25) is 0 Å². The van der Waals surface area contributed by atoms with Crippen LogP contribution < -0.4 is 10.2 Å². The standard InChI is InChI=1S/C23H22N4O6S/c28-21(18-15-17(27(31)32)6-7-19(18)25-10-12-33-13-11-25)24-8-9-26-22(29)20(34-23(26)30)14-16-4-2-1-3-5-16/h1-7,14-15H,8-13H2,(H,24,28). The molecular weight excluding hydrogens is 460 g/mol. The Morgan fingerprint density at radius 1 is 1.15 bits per heavy atom. The minimum absolute atomic E-state index is 0.00957. The molecule has 34 heavy (non-hydrogen) atoms. The lowest BCUT2D eigenvalue weighted by Crippen LogP contribution is -2.39. The fourth-order valence-electron chi connectivity index (χ4n) is 3.67. The molecule has 176 valence electrons. The number of imide groups is 1. The normalized spacial score (nSPS) is 17.4. The van der Waals surface area contributed by atoms with Gasteiger partial charge in [-0.15, -0.1) is 0 Å². The third-order valence-electron chi connectivity index (χ3n) is 5.38. The zero-order chi connectivity index (χ0) is 24.1. The van der Waals surface area contributed by atoms with Crippen LogP contribution in [-0.2, 0) is 9.53 Å². The van der Waals surface area contributed by atoms with Crippen LogP contribution in [0.15, 0.2) is 53.4 Å². The molecule has 11 heteroatoms. The number of anilines is 1. The van der Waals surface area contributed by atoms with E-state index < -0.39 is 22.0 Å². The number of rotatable bonds is 7. The first-order valence-corrected chi connectivity index (χ1v) is 11.5. The lowest BCUT2D eigenvalue weighted by Gasteiger charge is -2.30. The summed E-state index contributed by atoms with van der Waals surface area (Å²) < 4.78 is 5.35. The van der Waals surface area contributed by atoms with Crippen LogP contribution >= 0.6 is 11.8 Å². The van der Waals surface area contributed by atoms with Crippen LogP contribution in [0.4, 0.5) is 16.2 Å². The first-order valence-electron chi connectivity index (χ1n) is 10.6. The van der Waals surface area contributed by atoms with E-state index in [-0.39, 0.29) is 24.3 Å². The predicted molar refractivity (Wildman–Crippen MR) is 128 cm³/mol. The summed E-state index contributed by atoms with van der Waals surface area (Å²) in [6, 6.07) is 13.4. The molecule has 0 bridgehead atoms. The third-order valence-corrected chi connectivity index (χ3v) is 6.29. The van der Waals surface area contributed by atoms with E-state index >= 15 is 0 Å². The summed E-state index contributed by atoms with van der Waals surface area (Å²) in [4.78, 5) is 51.9. The highest BCUT2D eigenvalue weighted by molar-refractivity contribution is 8.18. The number of hydrogen-bond donors (Lipinski definition) is 1. The monoisotopic (exact) mass is 482 g/mol. The van der Waals surface area contributed by atoms with Crippen LogP contribution in [0.1, 0.15) is 15.9 Å². The molecule has 0 saturated carbocycles. The van der Waals surface area contributed by atoms with Gasteiger partial charge in [-0.25, -0.2) is 0 Å². The number of nitro groups is 1. The fraction of sp³-hybridized carbons (Fsp3) is 0.261. The molecule has 2 aromatic carbocycles.